The highest BCUT2D eigenvalue weighted by Crippen LogP contribution is 2.41. The number of benzene rings is 2. The van der Waals surface area contributed by atoms with Gasteiger partial charge in [0.2, 0.25) is 5.06 Å². The molecule has 6 nitrogen and oxygen atoms in total. The second-order valence-corrected chi connectivity index (χ2v) is 8.72. The Morgan fingerprint density at radius 2 is 1.73 bits per heavy atom. The van der Waals surface area contributed by atoms with Crippen LogP contribution in [0.5, 0.6) is 5.06 Å². The maximum Gasteiger partial charge on any atom is 0.512 e. The van der Waals surface area contributed by atoms with E-state index in [-0.39, 0.29) is 15.6 Å². The maximum absolute atomic E-state index is 12.6. The Bertz CT molecular complexity index is 1030. The van der Waals surface area contributed by atoms with Gasteiger partial charge >= 0.3 is 6.16 Å². The van der Waals surface area contributed by atoms with E-state index in [2.05, 4.69) is 20.7 Å². The zero-order valence-corrected chi connectivity index (χ0v) is 16.3. The summed E-state index contributed by atoms with van der Waals surface area (Å²) < 4.78 is 33.0. The van der Waals surface area contributed by atoms with Crippen LogP contribution in [0.3, 0.4) is 0 Å². The van der Waals surface area contributed by atoms with Gasteiger partial charge < -0.3 is 9.84 Å². The van der Waals surface area contributed by atoms with Crippen molar-refractivity contribution in [3.8, 4) is 15.5 Å². The molecule has 2 aromatic carbocycles. The van der Waals surface area contributed by atoms with E-state index < -0.39 is 16.2 Å². The molecular formula is C17H12BrNO5S2. The minimum atomic E-state index is -3.89. The molecule has 2 N–H and O–H groups in total. The van der Waals surface area contributed by atoms with Gasteiger partial charge in [0.25, 0.3) is 10.0 Å². The first-order valence-corrected chi connectivity index (χ1v) is 10.3. The van der Waals surface area contributed by atoms with Gasteiger partial charge in [-0.2, -0.15) is 0 Å². The number of anilines is 1. The highest BCUT2D eigenvalue weighted by atomic mass is 79.9. The number of ether oxygens (including phenoxy) is 1. The molecule has 0 saturated heterocycles. The predicted octanol–water partition coefficient (Wildman–Crippen LogP) is 5.04. The average Bonchev–Trinajstić information content (AvgIpc) is 2.97. The molecule has 1 heterocycles. The first-order chi connectivity index (χ1) is 12.3. The molecule has 0 spiro atoms. The minimum absolute atomic E-state index is 0.0444. The highest BCUT2D eigenvalue weighted by molar-refractivity contribution is 9.10. The predicted molar refractivity (Wildman–Crippen MR) is 103 cm³/mol. The van der Waals surface area contributed by atoms with Crippen LogP contribution in [0.4, 0.5) is 10.5 Å². The van der Waals surface area contributed by atoms with Crippen molar-refractivity contribution in [2.75, 3.05) is 4.72 Å². The minimum Gasteiger partial charge on any atom is -0.449 e. The van der Waals surface area contributed by atoms with Crippen LogP contribution in [-0.2, 0) is 10.0 Å². The Morgan fingerprint density at radius 3 is 2.35 bits per heavy atom. The molecule has 1 aromatic heterocycles. The summed E-state index contributed by atoms with van der Waals surface area (Å²) >= 11 is 4.29. The smallest absolute Gasteiger partial charge is 0.449 e. The highest BCUT2D eigenvalue weighted by Gasteiger charge is 2.21. The average molecular weight is 454 g/mol. The number of rotatable bonds is 5. The van der Waals surface area contributed by atoms with Gasteiger partial charge in [0.05, 0.1) is 4.90 Å². The van der Waals surface area contributed by atoms with Crippen molar-refractivity contribution in [3.05, 3.63) is 65.1 Å². The Labute approximate surface area is 162 Å². The van der Waals surface area contributed by atoms with Crippen LogP contribution in [0, 0.1) is 0 Å². The molecule has 0 bridgehead atoms. The maximum atomic E-state index is 12.6. The Hall–Kier alpha value is -2.36. The fourth-order valence-corrected chi connectivity index (χ4v) is 4.51. The summed E-state index contributed by atoms with van der Waals surface area (Å²) in [6, 6.07) is 16.8. The second kappa shape index (κ2) is 7.48. The first kappa shape index (κ1) is 18.4. The van der Waals surface area contributed by atoms with Crippen molar-refractivity contribution in [1.82, 2.24) is 0 Å². The first-order valence-electron chi connectivity index (χ1n) is 7.23. The molecule has 0 aliphatic rings. The molecule has 3 rings (SSSR count). The van der Waals surface area contributed by atoms with Crippen molar-refractivity contribution in [2.24, 2.45) is 0 Å². The lowest BCUT2D eigenvalue weighted by molar-refractivity contribution is 0.146. The van der Waals surface area contributed by atoms with Crippen LogP contribution in [0.2, 0.25) is 0 Å². The van der Waals surface area contributed by atoms with Crippen LogP contribution in [0.1, 0.15) is 0 Å². The third kappa shape index (κ3) is 4.24. The SMILES string of the molecule is O=C(O)Oc1sc(-c2ccccc2)cc1NS(=O)(=O)c1ccc(Br)cc1. The summed E-state index contributed by atoms with van der Waals surface area (Å²) in [4.78, 5) is 11.7. The van der Waals surface area contributed by atoms with Crippen LogP contribution in [-0.4, -0.2) is 19.7 Å². The Balaban J connectivity index is 1.99. The fourth-order valence-electron chi connectivity index (χ4n) is 2.16. The van der Waals surface area contributed by atoms with Crippen LogP contribution in [0.15, 0.2) is 70.0 Å². The van der Waals surface area contributed by atoms with E-state index in [0.717, 1.165) is 21.4 Å². The largest absolute Gasteiger partial charge is 0.512 e. The van der Waals surface area contributed by atoms with Gasteiger partial charge in [0.15, 0.2) is 0 Å². The summed E-state index contributed by atoms with van der Waals surface area (Å²) in [5, 5.41) is 8.87. The molecule has 0 amide bonds. The number of hydrogen-bond acceptors (Lipinski definition) is 5. The van der Waals surface area contributed by atoms with Crippen molar-refractivity contribution in [2.45, 2.75) is 4.90 Å². The van der Waals surface area contributed by atoms with Crippen LogP contribution < -0.4 is 9.46 Å². The molecule has 0 radical (unpaired) electrons. The summed E-state index contributed by atoms with van der Waals surface area (Å²) in [6.45, 7) is 0. The van der Waals surface area contributed by atoms with Crippen molar-refractivity contribution >= 4 is 49.1 Å². The van der Waals surface area contributed by atoms with Crippen molar-refractivity contribution in [3.63, 3.8) is 0 Å². The summed E-state index contributed by atoms with van der Waals surface area (Å²) in [6.07, 6.45) is -1.52. The number of halogens is 1. The monoisotopic (exact) mass is 453 g/mol. The van der Waals surface area contributed by atoms with Gasteiger partial charge in [-0.3, -0.25) is 4.72 Å². The van der Waals surface area contributed by atoms with E-state index in [9.17, 15) is 13.2 Å². The van der Waals surface area contributed by atoms with Crippen molar-refractivity contribution < 1.29 is 23.1 Å². The molecule has 0 unspecified atom stereocenters. The van der Waals surface area contributed by atoms with Gasteiger partial charge in [0, 0.05) is 9.35 Å². The second-order valence-electron chi connectivity index (χ2n) is 5.11. The number of carbonyl (C=O) groups is 1. The number of thiophene rings is 1. The number of hydrogen-bond donors (Lipinski definition) is 2. The molecule has 9 heteroatoms. The van der Waals surface area contributed by atoms with Gasteiger partial charge in [0.1, 0.15) is 5.69 Å². The van der Waals surface area contributed by atoms with Gasteiger partial charge in [-0.05, 0) is 35.9 Å². The molecule has 0 aliphatic heterocycles. The molecule has 0 atom stereocenters. The fraction of sp³-hybridized carbons (Fsp3) is 0. The summed E-state index contributed by atoms with van der Waals surface area (Å²) in [5.41, 5.74) is 0.890. The Kier molecular flexibility index (Phi) is 5.30. The number of carboxylic acid groups (broad SMARTS) is 1. The van der Waals surface area contributed by atoms with Gasteiger partial charge in [-0.25, -0.2) is 13.2 Å². The number of nitrogens with one attached hydrogen (secondary N) is 1. The normalized spacial score (nSPS) is 11.1. The summed E-state index contributed by atoms with van der Waals surface area (Å²) in [7, 11) is -3.89. The third-order valence-electron chi connectivity index (χ3n) is 3.30. The topological polar surface area (TPSA) is 92.7 Å². The molecule has 0 aliphatic carbocycles. The Morgan fingerprint density at radius 1 is 1.08 bits per heavy atom. The van der Waals surface area contributed by atoms with Gasteiger partial charge in [-0.15, -0.1) is 0 Å². The van der Waals surface area contributed by atoms with E-state index in [1.165, 1.54) is 12.1 Å². The lowest BCUT2D eigenvalue weighted by Gasteiger charge is -2.08. The van der Waals surface area contributed by atoms with E-state index in [4.69, 9.17) is 9.84 Å². The quantitative estimate of drug-likeness (QED) is 0.528. The van der Waals surface area contributed by atoms with E-state index in [0.29, 0.717) is 4.88 Å². The lowest BCUT2D eigenvalue weighted by atomic mass is 10.2. The standard InChI is InChI=1S/C17H12BrNO5S2/c18-12-6-8-13(9-7-12)26(22,23)19-14-10-15(11-4-2-1-3-5-11)25-16(14)24-17(20)21/h1-10,19H,(H,20,21). The zero-order valence-electron chi connectivity index (χ0n) is 13.0. The van der Waals surface area contributed by atoms with E-state index >= 15 is 0 Å². The third-order valence-corrected chi connectivity index (χ3v) is 6.28. The lowest BCUT2D eigenvalue weighted by Crippen LogP contribution is -2.13. The van der Waals surface area contributed by atoms with E-state index in [1.807, 2.05) is 30.3 Å². The molecule has 26 heavy (non-hydrogen) atoms. The molecule has 3 aromatic rings. The zero-order chi connectivity index (χ0) is 18.7. The van der Waals surface area contributed by atoms with Crippen LogP contribution in [0.25, 0.3) is 10.4 Å². The van der Waals surface area contributed by atoms with Gasteiger partial charge in [-0.1, -0.05) is 57.6 Å². The molecule has 0 fully saturated rings. The number of sulfonamides is 1. The molecular weight excluding hydrogens is 442 g/mol. The van der Waals surface area contributed by atoms with Crippen molar-refractivity contribution in [1.29, 1.82) is 0 Å². The van der Waals surface area contributed by atoms with E-state index in [1.54, 1.807) is 18.2 Å². The molecule has 134 valence electrons. The molecule has 0 saturated carbocycles. The summed E-state index contributed by atoms with van der Waals surface area (Å²) in [5.74, 6) is 0. The van der Waals surface area contributed by atoms with Crippen LogP contribution >= 0.6 is 27.3 Å².